The van der Waals surface area contributed by atoms with Gasteiger partial charge < -0.3 is 9.47 Å². The normalized spacial score (nSPS) is 10.9. The van der Waals surface area contributed by atoms with Gasteiger partial charge in [0.05, 0.1) is 25.3 Å². The number of ether oxygens (including phenoxy) is 2. The van der Waals surface area contributed by atoms with Gasteiger partial charge in [0.1, 0.15) is 11.5 Å². The van der Waals surface area contributed by atoms with Gasteiger partial charge >= 0.3 is 0 Å². The summed E-state index contributed by atoms with van der Waals surface area (Å²) in [4.78, 5) is 27.9. The quantitative estimate of drug-likeness (QED) is 0.311. The molecule has 4 rings (SSSR count). The van der Waals surface area contributed by atoms with E-state index in [2.05, 4.69) is 0 Å². The van der Waals surface area contributed by atoms with E-state index in [1.165, 1.54) is 14.2 Å². The summed E-state index contributed by atoms with van der Waals surface area (Å²) in [5.74, 6) is 0.438. The molecule has 4 aromatic carbocycles. The first-order valence-corrected chi connectivity index (χ1v) is 11.2. The molecule has 0 bridgehead atoms. The number of fused-ring (bicyclic) bond motifs is 1. The molecule has 0 atom stereocenters. The molecule has 0 unspecified atom stereocenters. The minimum Gasteiger partial charge on any atom is -0.496 e. The van der Waals surface area contributed by atoms with Crippen molar-refractivity contribution >= 4 is 22.3 Å². The fourth-order valence-corrected chi connectivity index (χ4v) is 4.67. The van der Waals surface area contributed by atoms with Crippen molar-refractivity contribution in [2.75, 3.05) is 14.2 Å². The molecule has 0 aliphatic carbocycles. The van der Waals surface area contributed by atoms with Gasteiger partial charge in [0.2, 0.25) is 0 Å². The summed E-state index contributed by atoms with van der Waals surface area (Å²) in [6.45, 7) is 7.84. The number of carbonyl (C=O) groups excluding carboxylic acids is 2. The van der Waals surface area contributed by atoms with Crippen LogP contribution in [0, 0.1) is 27.7 Å². The van der Waals surface area contributed by atoms with Crippen molar-refractivity contribution in [3.8, 4) is 11.5 Å². The van der Waals surface area contributed by atoms with Crippen molar-refractivity contribution in [3.63, 3.8) is 0 Å². The van der Waals surface area contributed by atoms with E-state index in [1.54, 1.807) is 12.1 Å². The van der Waals surface area contributed by atoms with Crippen molar-refractivity contribution in [3.05, 3.63) is 105 Å². The SMILES string of the molecule is COc1ccc2ccc(OC)c(C(=O)c3cc(C)cc(C)c3)c2c1C(=O)c1cc(C)cc(C)c1. The number of ketones is 2. The Bertz CT molecular complexity index is 1300. The minimum atomic E-state index is -0.197. The highest BCUT2D eigenvalue weighted by molar-refractivity contribution is 6.26. The van der Waals surface area contributed by atoms with Crippen LogP contribution >= 0.6 is 0 Å². The van der Waals surface area contributed by atoms with Crippen LogP contribution in [-0.2, 0) is 0 Å². The standard InChI is InChI=1S/C30H28O4/c1-17-11-18(2)14-22(13-17)29(31)27-24(33-5)9-7-21-8-10-25(34-6)28(26(21)27)30(32)23-15-19(3)12-20(4)16-23/h7-16H,1-6H3. The molecule has 0 amide bonds. The van der Waals surface area contributed by atoms with Crippen molar-refractivity contribution in [1.82, 2.24) is 0 Å². The molecular weight excluding hydrogens is 424 g/mol. The first-order valence-electron chi connectivity index (χ1n) is 11.2. The lowest BCUT2D eigenvalue weighted by Gasteiger charge is -2.17. The summed E-state index contributed by atoms with van der Waals surface area (Å²) >= 11 is 0. The molecule has 4 aromatic rings. The predicted molar refractivity (Wildman–Crippen MR) is 136 cm³/mol. The van der Waals surface area contributed by atoms with Crippen LogP contribution in [0.4, 0.5) is 0 Å². The number of methoxy groups -OCH3 is 2. The smallest absolute Gasteiger partial charge is 0.197 e. The van der Waals surface area contributed by atoms with E-state index in [4.69, 9.17) is 9.47 Å². The highest BCUT2D eigenvalue weighted by Gasteiger charge is 2.26. The Morgan fingerprint density at radius 2 is 0.912 bits per heavy atom. The number of hydrogen-bond donors (Lipinski definition) is 0. The lowest BCUT2D eigenvalue weighted by molar-refractivity contribution is 0.103. The molecule has 0 aliphatic rings. The second-order valence-corrected chi connectivity index (χ2v) is 8.79. The van der Waals surface area contributed by atoms with Gasteiger partial charge in [0.15, 0.2) is 11.6 Å². The lowest BCUT2D eigenvalue weighted by atomic mass is 9.88. The average Bonchev–Trinajstić information content (AvgIpc) is 2.80. The number of aryl methyl sites for hydroxylation is 4. The molecule has 0 heterocycles. The first-order chi connectivity index (χ1) is 16.2. The molecule has 0 fully saturated rings. The van der Waals surface area contributed by atoms with Crippen LogP contribution < -0.4 is 9.47 Å². The van der Waals surface area contributed by atoms with Gasteiger partial charge in [-0.05, 0) is 69.5 Å². The minimum absolute atomic E-state index is 0.197. The van der Waals surface area contributed by atoms with Crippen LogP contribution in [0.25, 0.3) is 10.8 Å². The molecule has 0 saturated heterocycles. The third kappa shape index (κ3) is 4.19. The van der Waals surface area contributed by atoms with Crippen molar-refractivity contribution in [1.29, 1.82) is 0 Å². The summed E-state index contributed by atoms with van der Waals surface area (Å²) in [5.41, 5.74) is 5.79. The second-order valence-electron chi connectivity index (χ2n) is 8.79. The van der Waals surface area contributed by atoms with Crippen LogP contribution in [-0.4, -0.2) is 25.8 Å². The third-order valence-electron chi connectivity index (χ3n) is 5.97. The van der Waals surface area contributed by atoms with Crippen LogP contribution in [0.3, 0.4) is 0 Å². The zero-order chi connectivity index (χ0) is 24.6. The summed E-state index contributed by atoms with van der Waals surface area (Å²) in [6.07, 6.45) is 0. The van der Waals surface area contributed by atoms with E-state index < -0.39 is 0 Å². The van der Waals surface area contributed by atoms with Crippen LogP contribution in [0.2, 0.25) is 0 Å². The van der Waals surface area contributed by atoms with Crippen LogP contribution in [0.15, 0.2) is 60.7 Å². The zero-order valence-corrected chi connectivity index (χ0v) is 20.4. The largest absolute Gasteiger partial charge is 0.496 e. The van der Waals surface area contributed by atoms with Crippen molar-refractivity contribution in [2.45, 2.75) is 27.7 Å². The molecule has 0 saturated carbocycles. The number of carbonyl (C=O) groups is 2. The van der Waals surface area contributed by atoms with Gasteiger partial charge in [-0.25, -0.2) is 0 Å². The summed E-state index contributed by atoms with van der Waals surface area (Å²) in [7, 11) is 3.07. The Hall–Kier alpha value is -3.92. The van der Waals surface area contributed by atoms with E-state index in [1.807, 2.05) is 76.2 Å². The fraction of sp³-hybridized carbons (Fsp3) is 0.200. The average molecular weight is 453 g/mol. The predicted octanol–water partition coefficient (Wildman–Crippen LogP) is 6.55. The van der Waals surface area contributed by atoms with Gasteiger partial charge in [0.25, 0.3) is 0 Å². The molecule has 0 radical (unpaired) electrons. The van der Waals surface area contributed by atoms with E-state index in [0.29, 0.717) is 39.1 Å². The number of hydrogen-bond acceptors (Lipinski definition) is 4. The third-order valence-corrected chi connectivity index (χ3v) is 5.97. The Labute approximate surface area is 200 Å². The topological polar surface area (TPSA) is 52.6 Å². The number of benzene rings is 4. The Balaban J connectivity index is 2.08. The van der Waals surface area contributed by atoms with Gasteiger partial charge in [-0.3, -0.25) is 9.59 Å². The molecule has 172 valence electrons. The van der Waals surface area contributed by atoms with E-state index >= 15 is 0 Å². The molecular formula is C30H28O4. The van der Waals surface area contributed by atoms with Gasteiger partial charge in [-0.2, -0.15) is 0 Å². The van der Waals surface area contributed by atoms with Gasteiger partial charge in [-0.15, -0.1) is 0 Å². The monoisotopic (exact) mass is 452 g/mol. The molecule has 34 heavy (non-hydrogen) atoms. The van der Waals surface area contributed by atoms with E-state index in [9.17, 15) is 9.59 Å². The Kier molecular flexibility index (Phi) is 6.25. The molecule has 0 aliphatic heterocycles. The molecule has 4 heteroatoms. The Morgan fingerprint density at radius 3 is 1.24 bits per heavy atom. The Morgan fingerprint density at radius 1 is 0.559 bits per heavy atom. The molecule has 4 nitrogen and oxygen atoms in total. The second kappa shape index (κ2) is 9.14. The van der Waals surface area contributed by atoms with E-state index in [0.717, 1.165) is 27.6 Å². The van der Waals surface area contributed by atoms with Gasteiger partial charge in [-0.1, -0.05) is 46.5 Å². The summed E-state index contributed by atoms with van der Waals surface area (Å²) in [5, 5.41) is 1.30. The molecule has 0 spiro atoms. The maximum Gasteiger partial charge on any atom is 0.197 e. The lowest BCUT2D eigenvalue weighted by Crippen LogP contribution is -2.11. The van der Waals surface area contributed by atoms with Crippen molar-refractivity contribution in [2.24, 2.45) is 0 Å². The first kappa shape index (κ1) is 23.2. The van der Waals surface area contributed by atoms with Crippen LogP contribution in [0.5, 0.6) is 11.5 Å². The summed E-state index contributed by atoms with van der Waals surface area (Å²) < 4.78 is 11.3. The number of rotatable bonds is 6. The molecule has 0 aromatic heterocycles. The maximum absolute atomic E-state index is 13.9. The fourth-order valence-electron chi connectivity index (χ4n) is 4.67. The summed E-state index contributed by atoms with van der Waals surface area (Å²) in [6, 6.07) is 18.8. The highest BCUT2D eigenvalue weighted by atomic mass is 16.5. The maximum atomic E-state index is 13.9. The highest BCUT2D eigenvalue weighted by Crippen LogP contribution is 2.38. The van der Waals surface area contributed by atoms with Gasteiger partial charge in [0, 0.05) is 16.5 Å². The van der Waals surface area contributed by atoms with Crippen molar-refractivity contribution < 1.29 is 19.1 Å². The molecule has 0 N–H and O–H groups in total. The zero-order valence-electron chi connectivity index (χ0n) is 20.4. The van der Waals surface area contributed by atoms with Crippen LogP contribution in [0.1, 0.15) is 54.1 Å². The van der Waals surface area contributed by atoms with E-state index in [-0.39, 0.29) is 11.6 Å².